The Bertz CT molecular complexity index is 1470. The van der Waals surface area contributed by atoms with Crippen LogP contribution in [0.5, 0.6) is 0 Å². The van der Waals surface area contributed by atoms with Gasteiger partial charge >= 0.3 is 7.12 Å². The van der Waals surface area contributed by atoms with Gasteiger partial charge < -0.3 is 44.0 Å². The molecule has 0 unspecified atom stereocenters. The normalized spacial score (nSPS) is 10.5. The van der Waals surface area contributed by atoms with E-state index in [0.29, 0.717) is 12.0 Å². The number of halogens is 2. The van der Waals surface area contributed by atoms with E-state index < -0.39 is 7.12 Å². The van der Waals surface area contributed by atoms with E-state index in [4.69, 9.17) is 0 Å². The molecule has 5 rings (SSSR count). The number of hydrogen-bond acceptors (Lipinski definition) is 2. The van der Waals surface area contributed by atoms with Gasteiger partial charge in [-0.25, -0.2) is 0 Å². The molecule has 7 heteroatoms. The maximum atomic E-state index is 9.53. The predicted molar refractivity (Wildman–Crippen MR) is 133 cm³/mol. The average Bonchev–Trinajstić information content (AvgIpc) is 2.85. The standard InChI is InChI=1S/C28H25BN2O2.2BrH/c1-2-21-10-12-22(13-11-21)19-31-17-4-7-24-14-15-27-26(28(24)31)9-5-16-30(27)20-23-6-3-8-25(18-23)29(32)33;;/h2-18,32-33H,1,19-20H2;2*1H/q+2;;/p-2. The molecular weight excluding hydrogens is 567 g/mol. The Morgan fingerprint density at radius 3 is 2.20 bits per heavy atom. The Morgan fingerprint density at radius 1 is 0.743 bits per heavy atom. The lowest BCUT2D eigenvalue weighted by Gasteiger charge is -2.07. The van der Waals surface area contributed by atoms with E-state index in [2.05, 4.69) is 88.8 Å². The smallest absolute Gasteiger partial charge is 0.488 e. The molecule has 0 amide bonds. The maximum Gasteiger partial charge on any atom is 0.488 e. The van der Waals surface area contributed by atoms with Crippen LogP contribution in [0.4, 0.5) is 0 Å². The summed E-state index contributed by atoms with van der Waals surface area (Å²) in [4.78, 5) is 0. The molecule has 0 aliphatic rings. The fourth-order valence-electron chi connectivity index (χ4n) is 4.41. The van der Waals surface area contributed by atoms with Crippen LogP contribution in [0.2, 0.25) is 0 Å². The van der Waals surface area contributed by atoms with Crippen LogP contribution >= 0.6 is 0 Å². The fourth-order valence-corrected chi connectivity index (χ4v) is 4.41. The van der Waals surface area contributed by atoms with Crippen LogP contribution in [-0.2, 0) is 13.1 Å². The minimum Gasteiger partial charge on any atom is -1.00 e. The number of benzene rings is 3. The van der Waals surface area contributed by atoms with E-state index in [9.17, 15) is 10.0 Å². The van der Waals surface area contributed by atoms with Gasteiger partial charge in [-0.15, -0.1) is 0 Å². The van der Waals surface area contributed by atoms with Gasteiger partial charge in [0, 0.05) is 34.7 Å². The van der Waals surface area contributed by atoms with Gasteiger partial charge in [0.1, 0.15) is 5.39 Å². The minimum atomic E-state index is -1.47. The second kappa shape index (κ2) is 11.7. The number of pyridine rings is 2. The molecule has 2 heterocycles. The summed E-state index contributed by atoms with van der Waals surface area (Å²) in [6, 6.07) is 28.7. The molecule has 0 aliphatic carbocycles. The van der Waals surface area contributed by atoms with Crippen molar-refractivity contribution in [1.82, 2.24) is 0 Å². The number of fused-ring (bicyclic) bond motifs is 3. The van der Waals surface area contributed by atoms with E-state index in [0.717, 1.165) is 23.2 Å². The van der Waals surface area contributed by atoms with Crippen molar-refractivity contribution in [3.63, 3.8) is 0 Å². The van der Waals surface area contributed by atoms with Gasteiger partial charge in [0.25, 0.3) is 0 Å². The summed E-state index contributed by atoms with van der Waals surface area (Å²) in [5.41, 5.74) is 6.18. The molecule has 0 spiro atoms. The molecule has 35 heavy (non-hydrogen) atoms. The fraction of sp³-hybridized carbons (Fsp3) is 0.0714. The van der Waals surface area contributed by atoms with Crippen LogP contribution in [0.25, 0.3) is 27.9 Å². The van der Waals surface area contributed by atoms with Gasteiger partial charge in [-0.05, 0) is 29.2 Å². The van der Waals surface area contributed by atoms with Gasteiger partial charge in [-0.2, -0.15) is 9.13 Å². The van der Waals surface area contributed by atoms with Crippen molar-refractivity contribution in [3.8, 4) is 0 Å². The highest BCUT2D eigenvalue weighted by molar-refractivity contribution is 6.58. The van der Waals surface area contributed by atoms with Crippen molar-refractivity contribution < 1.29 is 53.1 Å². The largest absolute Gasteiger partial charge is 1.00 e. The molecule has 0 aliphatic heterocycles. The molecule has 0 saturated carbocycles. The lowest BCUT2D eigenvalue weighted by atomic mass is 9.79. The first-order chi connectivity index (χ1) is 16.1. The summed E-state index contributed by atoms with van der Waals surface area (Å²) >= 11 is 0. The van der Waals surface area contributed by atoms with Crippen LogP contribution in [0.3, 0.4) is 0 Å². The highest BCUT2D eigenvalue weighted by Gasteiger charge is 2.19. The summed E-state index contributed by atoms with van der Waals surface area (Å²) in [5, 5.41) is 21.4. The van der Waals surface area contributed by atoms with Crippen molar-refractivity contribution in [2.75, 3.05) is 0 Å². The van der Waals surface area contributed by atoms with E-state index in [1.807, 2.05) is 24.3 Å². The summed E-state index contributed by atoms with van der Waals surface area (Å²) in [6.45, 7) is 5.25. The molecule has 0 fully saturated rings. The van der Waals surface area contributed by atoms with Gasteiger partial charge in [0.15, 0.2) is 25.5 Å². The molecular formula is C28H25BBr2N2O2. The topological polar surface area (TPSA) is 48.2 Å². The van der Waals surface area contributed by atoms with Gasteiger partial charge in [0.2, 0.25) is 11.0 Å². The van der Waals surface area contributed by atoms with Crippen molar-refractivity contribution in [3.05, 3.63) is 121 Å². The van der Waals surface area contributed by atoms with Crippen LogP contribution in [0, 0.1) is 0 Å². The van der Waals surface area contributed by atoms with Crippen molar-refractivity contribution in [2.45, 2.75) is 13.1 Å². The van der Waals surface area contributed by atoms with Crippen molar-refractivity contribution >= 4 is 40.5 Å². The number of hydrogen-bond donors (Lipinski definition) is 2. The lowest BCUT2D eigenvalue weighted by molar-refractivity contribution is -0.665. The zero-order chi connectivity index (χ0) is 22.8. The van der Waals surface area contributed by atoms with Crippen LogP contribution in [0.1, 0.15) is 16.7 Å². The predicted octanol–water partition coefficient (Wildman–Crippen LogP) is -3.00. The zero-order valence-electron chi connectivity index (χ0n) is 19.1. The summed E-state index contributed by atoms with van der Waals surface area (Å²) in [6.07, 6.45) is 6.06. The summed E-state index contributed by atoms with van der Waals surface area (Å²) in [5.74, 6) is 0. The van der Waals surface area contributed by atoms with Gasteiger partial charge in [0.05, 0.1) is 0 Å². The SMILES string of the molecule is C=Cc1ccc(C[n+]2cccc3ccc4c(ccc[n+]4Cc4cccc(B(O)O)c4)c32)cc1.[Br-].[Br-]. The first-order valence-electron chi connectivity index (χ1n) is 11.0. The number of rotatable bonds is 6. The first-order valence-corrected chi connectivity index (χ1v) is 11.0. The molecule has 3 aromatic carbocycles. The molecule has 5 aromatic rings. The van der Waals surface area contributed by atoms with E-state index in [-0.39, 0.29) is 34.0 Å². The van der Waals surface area contributed by atoms with E-state index in [1.165, 1.54) is 21.9 Å². The molecule has 4 nitrogen and oxygen atoms in total. The average molecular weight is 592 g/mol. The third-order valence-corrected chi connectivity index (χ3v) is 6.06. The Kier molecular flexibility index (Phi) is 8.97. The Hall–Kier alpha value is -2.84. The minimum absolute atomic E-state index is 0. The molecule has 0 radical (unpaired) electrons. The quantitative estimate of drug-likeness (QED) is 0.126. The Labute approximate surface area is 226 Å². The molecule has 2 N–H and O–H groups in total. The maximum absolute atomic E-state index is 9.53. The second-order valence-electron chi connectivity index (χ2n) is 8.27. The third-order valence-electron chi connectivity index (χ3n) is 6.06. The molecule has 0 atom stereocenters. The molecule has 2 aromatic heterocycles. The highest BCUT2D eigenvalue weighted by atomic mass is 79.9. The van der Waals surface area contributed by atoms with Crippen molar-refractivity contribution in [1.29, 1.82) is 0 Å². The van der Waals surface area contributed by atoms with E-state index >= 15 is 0 Å². The highest BCUT2D eigenvalue weighted by Crippen LogP contribution is 2.21. The van der Waals surface area contributed by atoms with Gasteiger partial charge in [-0.3, -0.25) is 0 Å². The van der Waals surface area contributed by atoms with Crippen LogP contribution in [-0.4, -0.2) is 17.2 Å². The lowest BCUT2D eigenvalue weighted by Crippen LogP contribution is -3.00. The third kappa shape index (κ3) is 5.71. The Morgan fingerprint density at radius 2 is 1.46 bits per heavy atom. The number of nitrogens with zero attached hydrogens (tertiary/aromatic N) is 2. The molecule has 176 valence electrons. The van der Waals surface area contributed by atoms with Crippen LogP contribution in [0.15, 0.2) is 104 Å². The molecule has 0 bridgehead atoms. The van der Waals surface area contributed by atoms with Gasteiger partial charge in [-0.1, -0.05) is 61.2 Å². The second-order valence-corrected chi connectivity index (χ2v) is 8.27. The first kappa shape index (κ1) is 26.8. The summed E-state index contributed by atoms with van der Waals surface area (Å²) < 4.78 is 4.50. The number of aromatic nitrogens is 2. The van der Waals surface area contributed by atoms with E-state index in [1.54, 1.807) is 6.07 Å². The Balaban J connectivity index is 0.00000171. The van der Waals surface area contributed by atoms with Crippen LogP contribution < -0.4 is 48.6 Å². The summed E-state index contributed by atoms with van der Waals surface area (Å²) in [7, 11) is -1.47. The molecule has 0 saturated heterocycles. The monoisotopic (exact) mass is 590 g/mol. The van der Waals surface area contributed by atoms with Crippen molar-refractivity contribution in [2.24, 2.45) is 0 Å². The zero-order valence-corrected chi connectivity index (χ0v) is 22.2.